The average molecular weight is 365 g/mol. The molecule has 1 N–H and O–H groups in total. The molecule has 0 aromatic heterocycles. The highest BCUT2D eigenvalue weighted by molar-refractivity contribution is 5.45. The van der Waals surface area contributed by atoms with Crippen LogP contribution in [0.4, 0.5) is 0 Å². The lowest BCUT2D eigenvalue weighted by atomic mass is 9.86. The Morgan fingerprint density at radius 3 is 2.81 bits per heavy atom. The summed E-state index contributed by atoms with van der Waals surface area (Å²) >= 11 is 0. The van der Waals surface area contributed by atoms with Crippen LogP contribution in [0.2, 0.25) is 0 Å². The number of hydrogen-bond acceptors (Lipinski definition) is 3. The van der Waals surface area contributed by atoms with Crippen LogP contribution in [-0.2, 0) is 12.0 Å². The van der Waals surface area contributed by atoms with Gasteiger partial charge in [-0.3, -0.25) is 4.90 Å². The summed E-state index contributed by atoms with van der Waals surface area (Å²) in [5.74, 6) is 1.63. The molecule has 0 amide bonds. The maximum atomic E-state index is 5.95. The lowest BCUT2D eigenvalue weighted by Crippen LogP contribution is -2.45. The fourth-order valence-electron chi connectivity index (χ4n) is 4.45. The molecule has 2 aromatic rings. The number of nitrogens with one attached hydrogen (secondary N) is 1. The predicted molar refractivity (Wildman–Crippen MR) is 112 cm³/mol. The van der Waals surface area contributed by atoms with Gasteiger partial charge < -0.3 is 10.1 Å². The highest BCUT2D eigenvalue weighted by Gasteiger charge is 2.32. The van der Waals surface area contributed by atoms with Gasteiger partial charge in [-0.2, -0.15) is 0 Å². The highest BCUT2D eigenvalue weighted by Crippen LogP contribution is 2.39. The van der Waals surface area contributed by atoms with Crippen molar-refractivity contribution in [3.63, 3.8) is 0 Å². The summed E-state index contributed by atoms with van der Waals surface area (Å²) in [6.07, 6.45) is 0. The van der Waals surface area contributed by atoms with E-state index >= 15 is 0 Å². The minimum atomic E-state index is 0.133. The van der Waals surface area contributed by atoms with Crippen molar-refractivity contribution in [1.29, 1.82) is 0 Å². The van der Waals surface area contributed by atoms with Gasteiger partial charge in [-0.1, -0.05) is 64.1 Å². The van der Waals surface area contributed by atoms with Crippen molar-refractivity contribution in [2.75, 3.05) is 26.2 Å². The molecule has 0 bridgehead atoms. The number of benzene rings is 2. The summed E-state index contributed by atoms with van der Waals surface area (Å²) in [5.41, 5.74) is 5.75. The van der Waals surface area contributed by atoms with Gasteiger partial charge in [0.05, 0.1) is 6.61 Å². The van der Waals surface area contributed by atoms with E-state index in [0.29, 0.717) is 12.0 Å². The third-order valence-corrected chi connectivity index (χ3v) is 6.02. The van der Waals surface area contributed by atoms with Crippen LogP contribution in [0.25, 0.3) is 0 Å². The van der Waals surface area contributed by atoms with E-state index < -0.39 is 0 Å². The molecular weight excluding hydrogens is 332 g/mol. The molecule has 2 heterocycles. The molecule has 3 nitrogen and oxygen atoms in total. The van der Waals surface area contributed by atoms with E-state index in [9.17, 15) is 0 Å². The van der Waals surface area contributed by atoms with Gasteiger partial charge in [0.25, 0.3) is 0 Å². The average Bonchev–Trinajstić information content (AvgIpc) is 2.96. The van der Waals surface area contributed by atoms with Crippen molar-refractivity contribution in [2.45, 2.75) is 51.6 Å². The molecule has 1 fully saturated rings. The van der Waals surface area contributed by atoms with Crippen molar-refractivity contribution in [3.8, 4) is 5.75 Å². The molecule has 1 atom stereocenters. The van der Waals surface area contributed by atoms with E-state index in [0.717, 1.165) is 38.5 Å². The summed E-state index contributed by atoms with van der Waals surface area (Å²) in [7, 11) is 0. The third-order valence-electron chi connectivity index (χ3n) is 6.02. The van der Waals surface area contributed by atoms with E-state index in [1.165, 1.54) is 22.3 Å². The Hall–Kier alpha value is -1.84. The molecule has 0 aliphatic carbocycles. The number of ether oxygens (including phenoxy) is 1. The molecule has 2 aliphatic rings. The summed E-state index contributed by atoms with van der Waals surface area (Å²) in [5, 5.41) is 3.73. The Labute approximate surface area is 163 Å². The van der Waals surface area contributed by atoms with Gasteiger partial charge in [0.15, 0.2) is 0 Å². The second-order valence-electron chi connectivity index (χ2n) is 9.03. The maximum absolute atomic E-state index is 5.95. The summed E-state index contributed by atoms with van der Waals surface area (Å²) in [4.78, 5) is 2.57. The monoisotopic (exact) mass is 364 g/mol. The Morgan fingerprint density at radius 1 is 1.19 bits per heavy atom. The van der Waals surface area contributed by atoms with E-state index in [-0.39, 0.29) is 5.41 Å². The fraction of sp³-hybridized carbons (Fsp3) is 0.500. The Bertz CT molecular complexity index is 812. The molecule has 4 rings (SSSR count). The quantitative estimate of drug-likeness (QED) is 0.856. The minimum Gasteiger partial charge on any atom is -0.492 e. The van der Waals surface area contributed by atoms with Crippen LogP contribution in [0, 0.1) is 0 Å². The van der Waals surface area contributed by atoms with Crippen LogP contribution in [0.1, 0.15) is 61.9 Å². The largest absolute Gasteiger partial charge is 0.492 e. The zero-order valence-corrected chi connectivity index (χ0v) is 17.1. The van der Waals surface area contributed by atoms with Gasteiger partial charge in [0.2, 0.25) is 0 Å². The normalized spacial score (nSPS) is 21.9. The van der Waals surface area contributed by atoms with Gasteiger partial charge in [0.1, 0.15) is 5.75 Å². The van der Waals surface area contributed by atoms with Gasteiger partial charge in [-0.25, -0.2) is 0 Å². The molecule has 0 spiro atoms. The van der Waals surface area contributed by atoms with Gasteiger partial charge in [0, 0.05) is 43.2 Å². The second kappa shape index (κ2) is 7.29. The molecule has 0 saturated carbocycles. The lowest BCUT2D eigenvalue weighted by molar-refractivity contribution is 0.192. The van der Waals surface area contributed by atoms with Crippen molar-refractivity contribution in [3.05, 3.63) is 64.7 Å². The Kier molecular flexibility index (Phi) is 5.00. The molecule has 2 aliphatic heterocycles. The number of rotatable bonds is 4. The van der Waals surface area contributed by atoms with Crippen molar-refractivity contribution in [2.24, 2.45) is 0 Å². The van der Waals surface area contributed by atoms with Gasteiger partial charge in [-0.15, -0.1) is 0 Å². The van der Waals surface area contributed by atoms with Gasteiger partial charge >= 0.3 is 0 Å². The first-order chi connectivity index (χ1) is 12.9. The van der Waals surface area contributed by atoms with Gasteiger partial charge in [-0.05, 0) is 28.7 Å². The minimum absolute atomic E-state index is 0.133. The van der Waals surface area contributed by atoms with Crippen molar-refractivity contribution < 1.29 is 4.74 Å². The standard InChI is InChI=1S/C24H32N2O/c1-17(2)19-7-5-6-8-20(19)22-15-26(12-11-25-22)14-18-9-10-21-23(13-18)27-16-24(21,3)4/h5-10,13,17,22,25H,11-12,14-16H2,1-4H3/t22-/m0/s1. The first-order valence-electron chi connectivity index (χ1n) is 10.2. The van der Waals surface area contributed by atoms with E-state index in [4.69, 9.17) is 4.74 Å². The lowest BCUT2D eigenvalue weighted by Gasteiger charge is -2.35. The zero-order chi connectivity index (χ0) is 19.0. The third kappa shape index (κ3) is 3.76. The summed E-state index contributed by atoms with van der Waals surface area (Å²) in [6, 6.07) is 16.1. The number of piperazine rings is 1. The van der Waals surface area contributed by atoms with Crippen LogP contribution in [0.3, 0.4) is 0 Å². The van der Waals surface area contributed by atoms with Crippen LogP contribution in [0.15, 0.2) is 42.5 Å². The number of nitrogens with zero attached hydrogens (tertiary/aromatic N) is 1. The summed E-state index contributed by atoms with van der Waals surface area (Å²) < 4.78 is 5.95. The van der Waals surface area contributed by atoms with E-state index in [1.807, 2.05) is 0 Å². The van der Waals surface area contributed by atoms with Crippen LogP contribution >= 0.6 is 0 Å². The molecule has 1 saturated heterocycles. The van der Waals surface area contributed by atoms with E-state index in [2.05, 4.69) is 80.4 Å². The molecule has 144 valence electrons. The molecule has 0 radical (unpaired) electrons. The molecule has 27 heavy (non-hydrogen) atoms. The van der Waals surface area contributed by atoms with Crippen molar-refractivity contribution in [1.82, 2.24) is 10.2 Å². The molecular formula is C24H32N2O. The predicted octanol–water partition coefficient (Wildman–Crippen LogP) is 4.63. The molecule has 0 unspecified atom stereocenters. The highest BCUT2D eigenvalue weighted by atomic mass is 16.5. The maximum Gasteiger partial charge on any atom is 0.123 e. The second-order valence-corrected chi connectivity index (χ2v) is 9.03. The fourth-order valence-corrected chi connectivity index (χ4v) is 4.45. The Morgan fingerprint density at radius 2 is 2.00 bits per heavy atom. The summed E-state index contributed by atoms with van der Waals surface area (Å²) in [6.45, 7) is 14.0. The molecule has 2 aromatic carbocycles. The zero-order valence-electron chi connectivity index (χ0n) is 17.1. The number of hydrogen-bond donors (Lipinski definition) is 1. The smallest absolute Gasteiger partial charge is 0.123 e. The molecule has 3 heteroatoms. The van der Waals surface area contributed by atoms with Crippen molar-refractivity contribution >= 4 is 0 Å². The topological polar surface area (TPSA) is 24.5 Å². The van der Waals surface area contributed by atoms with E-state index in [1.54, 1.807) is 0 Å². The van der Waals surface area contributed by atoms with Crippen LogP contribution in [0.5, 0.6) is 5.75 Å². The number of fused-ring (bicyclic) bond motifs is 1. The first kappa shape index (κ1) is 18.5. The Balaban J connectivity index is 1.49. The first-order valence-corrected chi connectivity index (χ1v) is 10.2. The van der Waals surface area contributed by atoms with Crippen LogP contribution in [-0.4, -0.2) is 31.1 Å². The SMILES string of the molecule is CC(C)c1ccccc1[C@@H]1CN(Cc2ccc3c(c2)OCC3(C)C)CCN1. The van der Waals surface area contributed by atoms with Crippen LogP contribution < -0.4 is 10.1 Å².